The lowest BCUT2D eigenvalue weighted by atomic mass is 10.1. The number of nitrogens with zero attached hydrogens (tertiary/aromatic N) is 1. The van der Waals surface area contributed by atoms with E-state index in [-0.39, 0.29) is 5.78 Å². The molecule has 124 valence electrons. The van der Waals surface area contributed by atoms with Gasteiger partial charge in [-0.2, -0.15) is 0 Å². The Bertz CT molecular complexity index is 946. The molecule has 0 fully saturated rings. The Morgan fingerprint density at radius 1 is 1.17 bits per heavy atom. The molecule has 2 aromatic carbocycles. The van der Waals surface area contributed by atoms with E-state index in [0.717, 1.165) is 20.8 Å². The molecule has 0 radical (unpaired) electrons. The van der Waals surface area contributed by atoms with Gasteiger partial charge in [-0.25, -0.2) is 13.4 Å². The van der Waals surface area contributed by atoms with Gasteiger partial charge in [0, 0.05) is 11.3 Å². The molecule has 0 saturated heterocycles. The molecule has 5 nitrogen and oxygen atoms in total. The third-order valence-corrected chi connectivity index (χ3v) is 5.90. The molecule has 0 atom stereocenters. The van der Waals surface area contributed by atoms with Crippen LogP contribution in [-0.4, -0.2) is 31.2 Å². The fourth-order valence-corrected chi connectivity index (χ4v) is 4.59. The highest BCUT2D eigenvalue weighted by Gasteiger charge is 2.10. The van der Waals surface area contributed by atoms with Crippen molar-refractivity contribution in [2.75, 3.05) is 16.7 Å². The van der Waals surface area contributed by atoms with Crippen LogP contribution in [-0.2, 0) is 10.0 Å². The molecule has 8 heteroatoms. The molecule has 0 spiro atoms. The summed E-state index contributed by atoms with van der Waals surface area (Å²) < 4.78 is 26.7. The van der Waals surface area contributed by atoms with Crippen molar-refractivity contribution in [2.45, 2.75) is 4.34 Å². The number of hydrogen-bond acceptors (Lipinski definition) is 6. The van der Waals surface area contributed by atoms with Crippen LogP contribution in [0.15, 0.2) is 52.9 Å². The molecule has 0 aliphatic heterocycles. The number of carbonyl (C=O) groups excluding carboxylic acids is 1. The summed E-state index contributed by atoms with van der Waals surface area (Å²) in [6.45, 7) is 0. The minimum Gasteiger partial charge on any atom is -0.293 e. The average Bonchev–Trinajstić information content (AvgIpc) is 2.94. The number of para-hydroxylation sites is 1. The molecule has 0 saturated carbocycles. The summed E-state index contributed by atoms with van der Waals surface area (Å²) in [5.74, 6) is 0.267. The Kier molecular flexibility index (Phi) is 4.88. The van der Waals surface area contributed by atoms with E-state index >= 15 is 0 Å². The van der Waals surface area contributed by atoms with Crippen molar-refractivity contribution in [3.8, 4) is 0 Å². The zero-order valence-electron chi connectivity index (χ0n) is 12.7. The van der Waals surface area contributed by atoms with Gasteiger partial charge in [0.2, 0.25) is 10.0 Å². The molecule has 0 aliphatic rings. The first-order chi connectivity index (χ1) is 11.4. The van der Waals surface area contributed by atoms with E-state index in [1.807, 2.05) is 24.3 Å². The minimum atomic E-state index is -3.32. The number of nitrogens with one attached hydrogen (secondary N) is 1. The second-order valence-corrected chi connectivity index (χ2v) is 9.11. The van der Waals surface area contributed by atoms with E-state index in [9.17, 15) is 13.2 Å². The number of ketones is 1. The van der Waals surface area contributed by atoms with E-state index in [1.54, 1.807) is 35.6 Å². The molecule has 3 rings (SSSR count). The number of Topliss-reactive ketones (excluding diaryl/α,β-unsaturated/α-hetero) is 1. The molecule has 0 aliphatic carbocycles. The Morgan fingerprint density at radius 3 is 2.54 bits per heavy atom. The number of rotatable bonds is 6. The number of fused-ring (bicyclic) bond motifs is 1. The van der Waals surface area contributed by atoms with Crippen molar-refractivity contribution >= 4 is 54.8 Å². The Morgan fingerprint density at radius 2 is 1.88 bits per heavy atom. The zero-order valence-corrected chi connectivity index (χ0v) is 15.2. The first-order valence-corrected chi connectivity index (χ1v) is 10.7. The maximum absolute atomic E-state index is 12.2. The number of thiazole rings is 1. The van der Waals surface area contributed by atoms with Crippen molar-refractivity contribution in [3.05, 3.63) is 54.1 Å². The lowest BCUT2D eigenvalue weighted by molar-refractivity contribution is 0.102. The molecule has 0 bridgehead atoms. The fourth-order valence-electron chi connectivity index (χ4n) is 2.06. The second kappa shape index (κ2) is 6.92. The average molecular weight is 379 g/mol. The number of benzene rings is 2. The van der Waals surface area contributed by atoms with Gasteiger partial charge in [-0.05, 0) is 36.4 Å². The van der Waals surface area contributed by atoms with Gasteiger partial charge in [-0.1, -0.05) is 23.9 Å². The van der Waals surface area contributed by atoms with Crippen LogP contribution in [0.5, 0.6) is 0 Å². The van der Waals surface area contributed by atoms with Crippen LogP contribution in [0, 0.1) is 0 Å². The topological polar surface area (TPSA) is 76.1 Å². The van der Waals surface area contributed by atoms with Gasteiger partial charge in [-0.3, -0.25) is 9.52 Å². The monoisotopic (exact) mass is 378 g/mol. The summed E-state index contributed by atoms with van der Waals surface area (Å²) >= 11 is 2.98. The van der Waals surface area contributed by atoms with Gasteiger partial charge in [0.05, 0.1) is 22.2 Å². The van der Waals surface area contributed by atoms with Crippen LogP contribution in [0.3, 0.4) is 0 Å². The molecular formula is C16H14N2O3S3. The third kappa shape index (κ3) is 4.34. The molecule has 1 aromatic heterocycles. The van der Waals surface area contributed by atoms with Gasteiger partial charge in [-0.15, -0.1) is 11.3 Å². The summed E-state index contributed by atoms with van der Waals surface area (Å²) in [5.41, 5.74) is 1.92. The highest BCUT2D eigenvalue weighted by Crippen LogP contribution is 2.29. The van der Waals surface area contributed by atoms with Crippen LogP contribution in [0.25, 0.3) is 10.2 Å². The molecular weight excluding hydrogens is 364 g/mol. The second-order valence-electron chi connectivity index (χ2n) is 5.11. The molecule has 3 aromatic rings. The lowest BCUT2D eigenvalue weighted by Gasteiger charge is -2.04. The molecule has 1 heterocycles. The van der Waals surface area contributed by atoms with Gasteiger partial charge >= 0.3 is 0 Å². The van der Waals surface area contributed by atoms with Crippen LogP contribution < -0.4 is 4.72 Å². The first kappa shape index (κ1) is 16.9. The van der Waals surface area contributed by atoms with Crippen LogP contribution in [0.1, 0.15) is 10.4 Å². The highest BCUT2D eigenvalue weighted by molar-refractivity contribution is 8.01. The molecule has 0 amide bonds. The van der Waals surface area contributed by atoms with Gasteiger partial charge in [0.15, 0.2) is 10.1 Å². The third-order valence-electron chi connectivity index (χ3n) is 3.11. The fraction of sp³-hybridized carbons (Fsp3) is 0.125. The lowest BCUT2D eigenvalue weighted by Crippen LogP contribution is -2.10. The van der Waals surface area contributed by atoms with Crippen LogP contribution in [0.2, 0.25) is 0 Å². The van der Waals surface area contributed by atoms with Gasteiger partial charge in [0.25, 0.3) is 0 Å². The molecule has 0 unspecified atom stereocenters. The summed E-state index contributed by atoms with van der Waals surface area (Å²) in [4.78, 5) is 16.7. The predicted octanol–water partition coefficient (Wildman–Crippen LogP) is 3.64. The van der Waals surface area contributed by atoms with Gasteiger partial charge in [0.1, 0.15) is 0 Å². The number of thioether (sulfide) groups is 1. The van der Waals surface area contributed by atoms with E-state index < -0.39 is 10.0 Å². The maximum atomic E-state index is 12.2. The number of aromatic nitrogens is 1. The number of hydrogen-bond donors (Lipinski definition) is 1. The summed E-state index contributed by atoms with van der Waals surface area (Å²) in [5, 5.41) is 0. The standard InChI is InChI=1S/C16H14N2O3S3/c1-24(20,21)18-12-8-6-11(7-9-12)14(19)10-22-16-17-13-4-2-3-5-15(13)23-16/h2-9,18H,10H2,1H3. The molecule has 24 heavy (non-hydrogen) atoms. The van der Waals surface area contributed by atoms with E-state index in [0.29, 0.717) is 17.0 Å². The Balaban J connectivity index is 1.64. The highest BCUT2D eigenvalue weighted by atomic mass is 32.2. The van der Waals surface area contributed by atoms with Crippen molar-refractivity contribution in [2.24, 2.45) is 0 Å². The number of anilines is 1. The van der Waals surface area contributed by atoms with Crippen molar-refractivity contribution in [1.82, 2.24) is 4.98 Å². The maximum Gasteiger partial charge on any atom is 0.229 e. The minimum absolute atomic E-state index is 0.0230. The summed E-state index contributed by atoms with van der Waals surface area (Å²) in [6, 6.07) is 14.3. The summed E-state index contributed by atoms with van der Waals surface area (Å²) in [6.07, 6.45) is 1.08. The largest absolute Gasteiger partial charge is 0.293 e. The van der Waals surface area contributed by atoms with E-state index in [2.05, 4.69) is 9.71 Å². The normalized spacial score (nSPS) is 11.5. The van der Waals surface area contributed by atoms with Crippen molar-refractivity contribution in [1.29, 1.82) is 0 Å². The van der Waals surface area contributed by atoms with E-state index in [1.165, 1.54) is 11.8 Å². The van der Waals surface area contributed by atoms with Crippen LogP contribution in [0.4, 0.5) is 5.69 Å². The molecule has 1 N–H and O–H groups in total. The van der Waals surface area contributed by atoms with Crippen LogP contribution >= 0.6 is 23.1 Å². The van der Waals surface area contributed by atoms with Gasteiger partial charge < -0.3 is 0 Å². The smallest absolute Gasteiger partial charge is 0.229 e. The number of carbonyl (C=O) groups is 1. The first-order valence-electron chi connectivity index (χ1n) is 7.00. The van der Waals surface area contributed by atoms with E-state index in [4.69, 9.17) is 0 Å². The van der Waals surface area contributed by atoms with Crippen molar-refractivity contribution in [3.63, 3.8) is 0 Å². The van der Waals surface area contributed by atoms with Crippen molar-refractivity contribution < 1.29 is 13.2 Å². The Hall–Kier alpha value is -1.90. The zero-order chi connectivity index (χ0) is 17.2. The quantitative estimate of drug-likeness (QED) is 0.523. The SMILES string of the molecule is CS(=O)(=O)Nc1ccc(C(=O)CSc2nc3ccccc3s2)cc1. The number of sulfonamides is 1. The summed E-state index contributed by atoms with van der Waals surface area (Å²) in [7, 11) is -3.32. The Labute approximate surface area is 148 Å². The predicted molar refractivity (Wildman–Crippen MR) is 99.6 cm³/mol.